The Bertz CT molecular complexity index is 1050. The summed E-state index contributed by atoms with van der Waals surface area (Å²) in [6.45, 7) is 21.5. The second-order valence-electron chi connectivity index (χ2n) is 11.1. The molecule has 0 radical (unpaired) electrons. The van der Waals surface area contributed by atoms with Crippen LogP contribution in [0.15, 0.2) is 154 Å². The second kappa shape index (κ2) is 23.5. The van der Waals surface area contributed by atoms with Crippen LogP contribution in [-0.4, -0.2) is 0 Å². The van der Waals surface area contributed by atoms with Crippen molar-refractivity contribution in [2.45, 2.75) is 94.9 Å². The highest BCUT2D eigenvalue weighted by Crippen LogP contribution is 2.09. The van der Waals surface area contributed by atoms with Gasteiger partial charge in [-0.3, -0.25) is 0 Å². The van der Waals surface area contributed by atoms with Gasteiger partial charge >= 0.3 is 0 Å². The van der Waals surface area contributed by atoms with Crippen molar-refractivity contribution in [3.63, 3.8) is 0 Å². The molecule has 0 aliphatic carbocycles. The maximum atomic E-state index is 2.30. The van der Waals surface area contributed by atoms with Gasteiger partial charge in [0.25, 0.3) is 0 Å². The molecule has 0 nitrogen and oxygen atoms in total. The van der Waals surface area contributed by atoms with Gasteiger partial charge in [0.2, 0.25) is 0 Å². The number of allylic oxidation sites excluding steroid dienone is 26. The average Bonchev–Trinajstić information content (AvgIpc) is 2.86. The molecule has 216 valence electrons. The maximum Gasteiger partial charge on any atom is -0.0285 e. The van der Waals surface area contributed by atoms with Crippen LogP contribution >= 0.6 is 0 Å². The third-order valence-corrected chi connectivity index (χ3v) is 5.93. The highest BCUT2D eigenvalue weighted by Gasteiger charge is 1.88. The van der Waals surface area contributed by atoms with Crippen LogP contribution in [0.1, 0.15) is 94.9 Å². The summed E-state index contributed by atoms with van der Waals surface area (Å²) < 4.78 is 0. The molecule has 0 aromatic carbocycles. The molecule has 0 aromatic rings. The molecule has 0 atom stereocenters. The van der Waals surface area contributed by atoms with E-state index in [9.17, 15) is 0 Å². The predicted molar refractivity (Wildman–Crippen MR) is 186 cm³/mol. The van der Waals surface area contributed by atoms with Gasteiger partial charge in [-0.2, -0.15) is 0 Å². The van der Waals surface area contributed by atoms with E-state index < -0.39 is 0 Å². The van der Waals surface area contributed by atoms with Gasteiger partial charge in [0, 0.05) is 0 Å². The Morgan fingerprint density at radius 2 is 0.625 bits per heavy atom. The number of hydrogen-bond acceptors (Lipinski definition) is 0. The lowest BCUT2D eigenvalue weighted by atomic mass is 10.1. The highest BCUT2D eigenvalue weighted by molar-refractivity contribution is 5.32. The summed E-state index contributed by atoms with van der Waals surface area (Å²) in [5.74, 6) is 0. The molecule has 0 heterocycles. The Hall–Kier alpha value is -3.38. The largest absolute Gasteiger partial charge is 0.0856 e. The summed E-state index contributed by atoms with van der Waals surface area (Å²) in [4.78, 5) is 0. The fourth-order valence-corrected chi connectivity index (χ4v) is 3.41. The predicted octanol–water partition coefficient (Wildman–Crippen LogP) is 12.9. The van der Waals surface area contributed by atoms with Crippen LogP contribution in [0.3, 0.4) is 0 Å². The van der Waals surface area contributed by atoms with Crippen molar-refractivity contribution >= 4 is 0 Å². The highest BCUT2D eigenvalue weighted by atomic mass is 13.9. The fourth-order valence-electron chi connectivity index (χ4n) is 3.41. The Morgan fingerprint density at radius 1 is 0.350 bits per heavy atom. The number of rotatable bonds is 16. The molecular weight excluding hydrogens is 480 g/mol. The molecule has 0 spiro atoms. The van der Waals surface area contributed by atoms with E-state index in [-0.39, 0.29) is 0 Å². The smallest absolute Gasteiger partial charge is 0.0285 e. The van der Waals surface area contributed by atoms with Crippen molar-refractivity contribution in [1.82, 2.24) is 0 Å². The first kappa shape index (κ1) is 36.6. The third-order valence-electron chi connectivity index (χ3n) is 5.93. The average molecular weight is 537 g/mol. The topological polar surface area (TPSA) is 0 Å². The van der Waals surface area contributed by atoms with Crippen LogP contribution in [0.2, 0.25) is 0 Å². The lowest BCUT2D eigenvalue weighted by Crippen LogP contribution is -1.76. The Labute approximate surface area is 248 Å². The van der Waals surface area contributed by atoms with Gasteiger partial charge in [-0.05, 0) is 94.9 Å². The molecule has 0 amide bonds. The molecule has 0 aliphatic heterocycles. The Kier molecular flexibility index (Phi) is 21.5. The van der Waals surface area contributed by atoms with Crippen LogP contribution in [0.25, 0.3) is 0 Å². The third kappa shape index (κ3) is 24.9. The van der Waals surface area contributed by atoms with Crippen molar-refractivity contribution < 1.29 is 0 Å². The maximum absolute atomic E-state index is 2.30. The van der Waals surface area contributed by atoms with Gasteiger partial charge in [0.05, 0.1) is 0 Å². The van der Waals surface area contributed by atoms with Gasteiger partial charge < -0.3 is 0 Å². The molecule has 0 saturated heterocycles. The van der Waals surface area contributed by atoms with E-state index in [1.807, 2.05) is 0 Å². The first-order chi connectivity index (χ1) is 19.0. The van der Waals surface area contributed by atoms with Crippen molar-refractivity contribution in [3.8, 4) is 0 Å². The molecule has 0 saturated carbocycles. The van der Waals surface area contributed by atoms with Gasteiger partial charge in [-0.1, -0.05) is 154 Å². The first-order valence-electron chi connectivity index (χ1n) is 14.7. The van der Waals surface area contributed by atoms with Gasteiger partial charge in [0.15, 0.2) is 0 Å². The molecule has 0 fully saturated rings. The summed E-state index contributed by atoms with van der Waals surface area (Å²) in [5, 5.41) is 0. The molecule has 0 aliphatic rings. The van der Waals surface area contributed by atoms with Crippen LogP contribution in [0, 0.1) is 0 Å². The van der Waals surface area contributed by atoms with Crippen LogP contribution < -0.4 is 0 Å². The first-order valence-corrected chi connectivity index (χ1v) is 14.7. The minimum atomic E-state index is 1.12. The summed E-state index contributed by atoms with van der Waals surface area (Å²) in [7, 11) is 0. The van der Waals surface area contributed by atoms with E-state index >= 15 is 0 Å². The van der Waals surface area contributed by atoms with E-state index in [1.165, 1.54) is 44.6 Å². The van der Waals surface area contributed by atoms with E-state index in [0.717, 1.165) is 25.7 Å². The minimum Gasteiger partial charge on any atom is -0.0856 e. The lowest BCUT2D eigenvalue weighted by Gasteiger charge is -1.96. The van der Waals surface area contributed by atoms with Crippen LogP contribution in [-0.2, 0) is 0 Å². The zero-order valence-electron chi connectivity index (χ0n) is 27.2. The SMILES string of the molecule is CC(C)=CCC/C(C)=C/C=C/C(C)=C/C=C/C(C)=C\C=C\C=C(C)\C=C\C=C(C)\C=C\C=C(/C)CCC=C(C)C. The van der Waals surface area contributed by atoms with E-state index in [2.05, 4.69) is 179 Å². The normalized spacial score (nSPS) is 15.1. The molecular formula is C40H56. The summed E-state index contributed by atoms with van der Waals surface area (Å²) in [6.07, 6.45) is 43.3. The summed E-state index contributed by atoms with van der Waals surface area (Å²) >= 11 is 0. The Morgan fingerprint density at radius 3 is 0.925 bits per heavy atom. The molecule has 40 heavy (non-hydrogen) atoms. The van der Waals surface area contributed by atoms with Crippen molar-refractivity contribution in [3.05, 3.63) is 154 Å². The monoisotopic (exact) mass is 536 g/mol. The zero-order valence-corrected chi connectivity index (χ0v) is 27.2. The minimum absolute atomic E-state index is 1.12. The molecule has 0 N–H and O–H groups in total. The second-order valence-corrected chi connectivity index (χ2v) is 11.1. The molecule has 0 heteroatoms. The van der Waals surface area contributed by atoms with E-state index in [0.29, 0.717) is 0 Å². The summed E-state index contributed by atoms with van der Waals surface area (Å²) in [5.41, 5.74) is 10.5. The van der Waals surface area contributed by atoms with Gasteiger partial charge in [-0.25, -0.2) is 0 Å². The Balaban J connectivity index is 4.70. The molecule has 0 rings (SSSR count). The van der Waals surface area contributed by atoms with E-state index in [4.69, 9.17) is 0 Å². The van der Waals surface area contributed by atoms with Crippen LogP contribution in [0.5, 0.6) is 0 Å². The van der Waals surface area contributed by atoms with Crippen molar-refractivity contribution in [1.29, 1.82) is 0 Å². The molecule has 0 unspecified atom stereocenters. The van der Waals surface area contributed by atoms with E-state index in [1.54, 1.807) is 0 Å². The van der Waals surface area contributed by atoms with Crippen molar-refractivity contribution in [2.75, 3.05) is 0 Å². The van der Waals surface area contributed by atoms with Gasteiger partial charge in [-0.15, -0.1) is 0 Å². The quantitative estimate of drug-likeness (QED) is 0.136. The number of hydrogen-bond donors (Lipinski definition) is 0. The standard InChI is InChI=1S/C40H56/c1-33(2)19-13-23-37(7)27-17-31-39(9)29-15-25-35(5)21-11-12-22-36(6)26-16-30-40(10)32-18-28-38(8)24-14-20-34(3)4/h11-12,15-22,25-32H,13-14,23-24H2,1-10H3/b12-11+,25-15+,26-16+,31-17+,32-18+,35-21-,36-22+,37-27+,38-28+,39-29+,40-30+. The van der Waals surface area contributed by atoms with Crippen LogP contribution in [0.4, 0.5) is 0 Å². The molecule has 0 aromatic heterocycles. The fraction of sp³-hybridized carbons (Fsp3) is 0.350. The molecule has 0 bridgehead atoms. The lowest BCUT2D eigenvalue weighted by molar-refractivity contribution is 0.967. The van der Waals surface area contributed by atoms with Crippen molar-refractivity contribution in [2.24, 2.45) is 0 Å². The van der Waals surface area contributed by atoms with Gasteiger partial charge in [0.1, 0.15) is 0 Å². The zero-order chi connectivity index (χ0) is 30.2. The summed E-state index contributed by atoms with van der Waals surface area (Å²) in [6, 6.07) is 0.